The first-order chi connectivity index (χ1) is 9.95. The minimum atomic E-state index is -3.09. The van der Waals surface area contributed by atoms with Crippen LogP contribution in [0, 0.1) is 11.6 Å². The monoisotopic (exact) mass is 302 g/mol. The average Bonchev–Trinajstić information content (AvgIpc) is 2.83. The Kier molecular flexibility index (Phi) is 4.25. The van der Waals surface area contributed by atoms with E-state index < -0.39 is 35.3 Å². The normalized spacial score (nSPS) is 11.0. The number of benzene rings is 1. The van der Waals surface area contributed by atoms with Gasteiger partial charge in [0.15, 0.2) is 5.82 Å². The third-order valence-electron chi connectivity index (χ3n) is 2.65. The van der Waals surface area contributed by atoms with Crippen molar-refractivity contribution < 1.29 is 27.1 Å². The molecule has 2 aromatic rings. The van der Waals surface area contributed by atoms with Crippen LogP contribution in [0.25, 0.3) is 5.69 Å². The summed E-state index contributed by atoms with van der Waals surface area (Å²) in [6.07, 6.45) is -2.22. The molecule has 4 nitrogen and oxygen atoms in total. The van der Waals surface area contributed by atoms with Gasteiger partial charge in [-0.25, -0.2) is 27.0 Å². The van der Waals surface area contributed by atoms with Crippen LogP contribution < -0.4 is 0 Å². The van der Waals surface area contributed by atoms with Gasteiger partial charge < -0.3 is 4.74 Å². The first-order valence-electron chi connectivity index (χ1n) is 5.94. The Bertz CT molecular complexity index is 670. The summed E-state index contributed by atoms with van der Waals surface area (Å²) < 4.78 is 58.0. The summed E-state index contributed by atoms with van der Waals surface area (Å²) >= 11 is 0. The molecule has 0 aliphatic heterocycles. The highest BCUT2D eigenvalue weighted by Gasteiger charge is 2.27. The third kappa shape index (κ3) is 2.88. The number of aromatic nitrogens is 2. The maximum atomic E-state index is 13.7. The SMILES string of the molecule is CCOC(=O)c1cnn(-c2ccc(F)cc2F)c1C(F)F. The van der Waals surface area contributed by atoms with Crippen molar-refractivity contribution in [3.8, 4) is 5.69 Å². The predicted octanol–water partition coefficient (Wildman–Crippen LogP) is 3.26. The van der Waals surface area contributed by atoms with Crippen LogP contribution in [0.4, 0.5) is 17.6 Å². The van der Waals surface area contributed by atoms with Gasteiger partial charge in [-0.3, -0.25) is 0 Å². The number of alkyl halides is 2. The van der Waals surface area contributed by atoms with Crippen LogP contribution in [-0.4, -0.2) is 22.4 Å². The quantitative estimate of drug-likeness (QED) is 0.643. The molecule has 1 heterocycles. The predicted molar refractivity (Wildman–Crippen MR) is 64.4 cm³/mol. The Morgan fingerprint density at radius 3 is 2.67 bits per heavy atom. The summed E-state index contributed by atoms with van der Waals surface area (Å²) in [6.45, 7) is 1.52. The van der Waals surface area contributed by atoms with Gasteiger partial charge in [0.25, 0.3) is 6.43 Å². The molecule has 0 aliphatic carbocycles. The van der Waals surface area contributed by atoms with E-state index in [1.54, 1.807) is 0 Å². The van der Waals surface area contributed by atoms with Crippen molar-refractivity contribution in [2.75, 3.05) is 6.61 Å². The fourth-order valence-corrected chi connectivity index (χ4v) is 1.78. The molecule has 0 saturated heterocycles. The Morgan fingerprint density at radius 2 is 2.10 bits per heavy atom. The van der Waals surface area contributed by atoms with E-state index >= 15 is 0 Å². The van der Waals surface area contributed by atoms with Crippen molar-refractivity contribution >= 4 is 5.97 Å². The molecule has 0 amide bonds. The number of halogens is 4. The Labute approximate surface area is 116 Å². The zero-order valence-electron chi connectivity index (χ0n) is 10.8. The Morgan fingerprint density at radius 1 is 1.38 bits per heavy atom. The highest BCUT2D eigenvalue weighted by atomic mass is 19.3. The van der Waals surface area contributed by atoms with E-state index in [-0.39, 0.29) is 12.3 Å². The van der Waals surface area contributed by atoms with Gasteiger partial charge in [-0.2, -0.15) is 5.10 Å². The molecule has 1 aromatic carbocycles. The highest BCUT2D eigenvalue weighted by Crippen LogP contribution is 2.27. The molecular weight excluding hydrogens is 292 g/mol. The first-order valence-corrected chi connectivity index (χ1v) is 5.94. The fourth-order valence-electron chi connectivity index (χ4n) is 1.78. The highest BCUT2D eigenvalue weighted by molar-refractivity contribution is 5.90. The second kappa shape index (κ2) is 5.94. The largest absolute Gasteiger partial charge is 0.462 e. The minimum Gasteiger partial charge on any atom is -0.462 e. The van der Waals surface area contributed by atoms with Crippen molar-refractivity contribution in [2.45, 2.75) is 13.3 Å². The third-order valence-corrected chi connectivity index (χ3v) is 2.65. The minimum absolute atomic E-state index is 0.00238. The Balaban J connectivity index is 2.57. The van der Waals surface area contributed by atoms with Gasteiger partial charge in [-0.05, 0) is 19.1 Å². The molecule has 0 unspecified atom stereocenters. The van der Waals surface area contributed by atoms with Gasteiger partial charge in [0.2, 0.25) is 0 Å². The molecule has 0 N–H and O–H groups in total. The van der Waals surface area contributed by atoms with E-state index in [0.717, 1.165) is 18.3 Å². The molecule has 2 rings (SSSR count). The number of hydrogen-bond acceptors (Lipinski definition) is 3. The zero-order valence-corrected chi connectivity index (χ0v) is 10.8. The summed E-state index contributed by atoms with van der Waals surface area (Å²) in [5.41, 5.74) is -1.66. The lowest BCUT2D eigenvalue weighted by molar-refractivity contribution is 0.0514. The summed E-state index contributed by atoms with van der Waals surface area (Å²) in [5, 5.41) is 3.57. The number of hydrogen-bond donors (Lipinski definition) is 0. The number of ether oxygens (including phenoxy) is 1. The van der Waals surface area contributed by atoms with E-state index in [1.165, 1.54) is 6.92 Å². The summed E-state index contributed by atoms with van der Waals surface area (Å²) in [4.78, 5) is 11.6. The van der Waals surface area contributed by atoms with Crippen molar-refractivity contribution in [1.82, 2.24) is 9.78 Å². The topological polar surface area (TPSA) is 44.1 Å². The van der Waals surface area contributed by atoms with Gasteiger partial charge in [-0.15, -0.1) is 0 Å². The first kappa shape index (κ1) is 15.0. The summed E-state index contributed by atoms with van der Waals surface area (Å²) in [7, 11) is 0. The molecule has 21 heavy (non-hydrogen) atoms. The smallest absolute Gasteiger partial charge is 0.341 e. The lowest BCUT2D eigenvalue weighted by atomic mass is 10.2. The lowest BCUT2D eigenvalue weighted by Crippen LogP contribution is -2.11. The number of esters is 1. The molecule has 112 valence electrons. The Hall–Kier alpha value is -2.38. The maximum Gasteiger partial charge on any atom is 0.341 e. The maximum absolute atomic E-state index is 13.7. The molecule has 0 spiro atoms. The van der Waals surface area contributed by atoms with E-state index in [2.05, 4.69) is 9.84 Å². The molecule has 8 heteroatoms. The van der Waals surface area contributed by atoms with Crippen LogP contribution in [0.5, 0.6) is 0 Å². The van der Waals surface area contributed by atoms with Crippen LogP contribution in [0.15, 0.2) is 24.4 Å². The fraction of sp³-hybridized carbons (Fsp3) is 0.231. The summed E-state index contributed by atoms with van der Waals surface area (Å²) in [5.74, 6) is -2.91. The number of carbonyl (C=O) groups is 1. The molecule has 0 atom stereocenters. The molecule has 0 fully saturated rings. The van der Waals surface area contributed by atoms with Gasteiger partial charge in [-0.1, -0.05) is 0 Å². The number of rotatable bonds is 4. The number of nitrogens with zero attached hydrogens (tertiary/aromatic N) is 2. The van der Waals surface area contributed by atoms with Gasteiger partial charge in [0.05, 0.1) is 12.8 Å². The van der Waals surface area contributed by atoms with E-state index in [9.17, 15) is 22.4 Å². The van der Waals surface area contributed by atoms with E-state index in [4.69, 9.17) is 0 Å². The van der Waals surface area contributed by atoms with E-state index in [0.29, 0.717) is 10.7 Å². The molecule has 0 aliphatic rings. The second-order valence-corrected chi connectivity index (χ2v) is 3.97. The summed E-state index contributed by atoms with van der Waals surface area (Å²) in [6, 6.07) is 2.40. The number of carbonyl (C=O) groups excluding carboxylic acids is 1. The van der Waals surface area contributed by atoms with Crippen LogP contribution in [0.3, 0.4) is 0 Å². The van der Waals surface area contributed by atoms with Crippen molar-refractivity contribution in [3.63, 3.8) is 0 Å². The van der Waals surface area contributed by atoms with Gasteiger partial charge in [0, 0.05) is 6.07 Å². The lowest BCUT2D eigenvalue weighted by Gasteiger charge is -2.09. The van der Waals surface area contributed by atoms with Crippen LogP contribution >= 0.6 is 0 Å². The molecule has 1 aromatic heterocycles. The van der Waals surface area contributed by atoms with Crippen molar-refractivity contribution in [1.29, 1.82) is 0 Å². The van der Waals surface area contributed by atoms with Crippen LogP contribution in [0.2, 0.25) is 0 Å². The van der Waals surface area contributed by atoms with Crippen LogP contribution in [-0.2, 0) is 4.74 Å². The van der Waals surface area contributed by atoms with Gasteiger partial charge in [0.1, 0.15) is 22.8 Å². The second-order valence-electron chi connectivity index (χ2n) is 3.97. The molecular formula is C13H10F4N2O2. The van der Waals surface area contributed by atoms with Crippen molar-refractivity contribution in [3.05, 3.63) is 47.3 Å². The van der Waals surface area contributed by atoms with Gasteiger partial charge >= 0.3 is 5.97 Å². The molecule has 0 bridgehead atoms. The average molecular weight is 302 g/mol. The zero-order chi connectivity index (χ0) is 15.6. The molecule has 0 radical (unpaired) electrons. The molecule has 0 saturated carbocycles. The van der Waals surface area contributed by atoms with Crippen molar-refractivity contribution in [2.24, 2.45) is 0 Å². The van der Waals surface area contributed by atoms with Crippen LogP contribution in [0.1, 0.15) is 29.4 Å². The standard InChI is InChI=1S/C13H10F4N2O2/c1-2-21-13(20)8-6-18-19(11(8)12(16)17)10-4-3-7(14)5-9(10)15/h3-6,12H,2H2,1H3. The van der Waals surface area contributed by atoms with E-state index in [1.807, 2.05) is 0 Å².